The Morgan fingerprint density at radius 2 is 2.17 bits per heavy atom. The van der Waals surface area contributed by atoms with Crippen LogP contribution in [0.3, 0.4) is 0 Å². The average Bonchev–Trinajstić information content (AvgIpc) is 2.36. The highest BCUT2D eigenvalue weighted by molar-refractivity contribution is 5.78. The average molecular weight is 255 g/mol. The Kier molecular flexibility index (Phi) is 5.74. The second-order valence-electron chi connectivity index (χ2n) is 4.14. The Balaban J connectivity index is 2.49. The van der Waals surface area contributed by atoms with Gasteiger partial charge in [-0.25, -0.2) is 4.39 Å². The van der Waals surface area contributed by atoms with Crippen molar-refractivity contribution in [3.05, 3.63) is 35.6 Å². The Morgan fingerprint density at radius 3 is 2.78 bits per heavy atom. The third kappa shape index (κ3) is 4.09. The number of aliphatic hydroxyl groups is 1. The van der Waals surface area contributed by atoms with Crippen molar-refractivity contribution in [2.45, 2.75) is 13.0 Å². The largest absolute Gasteiger partial charge is 0.386 e. The molecule has 0 bridgehead atoms. The molecule has 0 aliphatic carbocycles. The molecule has 0 spiro atoms. The highest BCUT2D eigenvalue weighted by atomic mass is 19.1. The molecular formula is C13H18FNO3. The number of aliphatic hydroxyl groups excluding tert-OH is 1. The van der Waals surface area contributed by atoms with Gasteiger partial charge < -0.3 is 15.2 Å². The van der Waals surface area contributed by atoms with Crippen LogP contribution in [0.15, 0.2) is 24.3 Å². The predicted octanol–water partition coefficient (Wildman–Crippen LogP) is 1.26. The molecule has 0 aromatic heterocycles. The van der Waals surface area contributed by atoms with Crippen molar-refractivity contribution in [1.82, 2.24) is 5.32 Å². The van der Waals surface area contributed by atoms with Crippen molar-refractivity contribution < 1.29 is 19.0 Å². The number of nitrogens with one attached hydrogen (secondary N) is 1. The summed E-state index contributed by atoms with van der Waals surface area (Å²) in [5.41, 5.74) is 0.178. The van der Waals surface area contributed by atoms with Crippen LogP contribution in [-0.4, -0.2) is 31.3 Å². The lowest BCUT2D eigenvalue weighted by atomic mass is 10.1. The molecule has 2 atom stereocenters. The highest BCUT2D eigenvalue weighted by Gasteiger charge is 2.16. The molecule has 0 saturated carbocycles. The summed E-state index contributed by atoms with van der Waals surface area (Å²) in [5, 5.41) is 12.3. The molecule has 1 aromatic rings. The second kappa shape index (κ2) is 7.08. The molecular weight excluding hydrogens is 237 g/mol. The van der Waals surface area contributed by atoms with Gasteiger partial charge in [-0.1, -0.05) is 25.1 Å². The summed E-state index contributed by atoms with van der Waals surface area (Å²) in [6, 6.07) is 5.94. The van der Waals surface area contributed by atoms with Crippen molar-refractivity contribution in [3.8, 4) is 0 Å². The van der Waals surface area contributed by atoms with Gasteiger partial charge >= 0.3 is 0 Å². The topological polar surface area (TPSA) is 58.6 Å². The molecule has 5 heteroatoms. The van der Waals surface area contributed by atoms with E-state index in [1.54, 1.807) is 19.1 Å². The first-order valence-corrected chi connectivity index (χ1v) is 5.75. The van der Waals surface area contributed by atoms with E-state index in [2.05, 4.69) is 5.32 Å². The molecule has 2 unspecified atom stereocenters. The normalized spacial score (nSPS) is 14.0. The fourth-order valence-corrected chi connectivity index (χ4v) is 1.55. The third-order valence-electron chi connectivity index (χ3n) is 2.60. The maximum atomic E-state index is 13.4. The van der Waals surface area contributed by atoms with E-state index in [0.717, 1.165) is 0 Å². The molecule has 18 heavy (non-hydrogen) atoms. The zero-order valence-electron chi connectivity index (χ0n) is 10.5. The maximum absolute atomic E-state index is 13.4. The van der Waals surface area contributed by atoms with Gasteiger partial charge in [0.25, 0.3) is 0 Å². The van der Waals surface area contributed by atoms with Crippen molar-refractivity contribution in [3.63, 3.8) is 0 Å². The van der Waals surface area contributed by atoms with E-state index in [9.17, 15) is 14.3 Å². The fraction of sp³-hybridized carbons (Fsp3) is 0.462. The van der Waals surface area contributed by atoms with Crippen LogP contribution in [0.2, 0.25) is 0 Å². The molecule has 1 rings (SSSR count). The summed E-state index contributed by atoms with van der Waals surface area (Å²) in [6.07, 6.45) is -1.05. The first-order valence-electron chi connectivity index (χ1n) is 5.75. The van der Waals surface area contributed by atoms with Crippen molar-refractivity contribution in [1.29, 1.82) is 0 Å². The lowest BCUT2D eigenvalue weighted by Crippen LogP contribution is -2.34. The maximum Gasteiger partial charge on any atom is 0.225 e. The number of amides is 1. The molecule has 2 N–H and O–H groups in total. The number of rotatable bonds is 6. The van der Waals surface area contributed by atoms with Crippen LogP contribution in [0.1, 0.15) is 18.6 Å². The van der Waals surface area contributed by atoms with Gasteiger partial charge in [0.15, 0.2) is 0 Å². The smallest absolute Gasteiger partial charge is 0.225 e. The van der Waals surface area contributed by atoms with Gasteiger partial charge in [-0.3, -0.25) is 4.79 Å². The molecule has 0 radical (unpaired) electrons. The minimum Gasteiger partial charge on any atom is -0.386 e. The van der Waals surface area contributed by atoms with Crippen molar-refractivity contribution in [2.75, 3.05) is 20.3 Å². The van der Waals surface area contributed by atoms with Crippen LogP contribution in [0, 0.1) is 11.7 Å². The van der Waals surface area contributed by atoms with E-state index < -0.39 is 11.9 Å². The SMILES string of the molecule is COCC(C)C(=O)NCC(O)c1ccccc1F. The van der Waals surface area contributed by atoms with Crippen LogP contribution in [0.4, 0.5) is 4.39 Å². The zero-order chi connectivity index (χ0) is 13.5. The Bertz CT molecular complexity index is 398. The number of ether oxygens (including phenoxy) is 1. The van der Waals surface area contributed by atoms with E-state index in [1.807, 2.05) is 0 Å². The minimum absolute atomic E-state index is 0.0200. The van der Waals surface area contributed by atoms with E-state index in [-0.39, 0.29) is 23.9 Å². The molecule has 0 heterocycles. The number of carbonyl (C=O) groups is 1. The minimum atomic E-state index is -1.05. The number of carbonyl (C=O) groups excluding carboxylic acids is 1. The lowest BCUT2D eigenvalue weighted by molar-refractivity contribution is -0.126. The molecule has 4 nitrogen and oxygen atoms in total. The zero-order valence-corrected chi connectivity index (χ0v) is 10.5. The summed E-state index contributed by atoms with van der Waals surface area (Å²) >= 11 is 0. The molecule has 0 saturated heterocycles. The van der Waals surface area contributed by atoms with Gasteiger partial charge in [0, 0.05) is 19.2 Å². The number of halogens is 1. The molecule has 100 valence electrons. The fourth-order valence-electron chi connectivity index (χ4n) is 1.55. The van der Waals surface area contributed by atoms with Crippen molar-refractivity contribution >= 4 is 5.91 Å². The molecule has 0 aliphatic heterocycles. The van der Waals surface area contributed by atoms with Crippen molar-refractivity contribution in [2.24, 2.45) is 5.92 Å². The van der Waals surface area contributed by atoms with E-state index in [4.69, 9.17) is 4.74 Å². The molecule has 1 amide bonds. The first-order chi connectivity index (χ1) is 8.56. The predicted molar refractivity (Wildman–Crippen MR) is 65.4 cm³/mol. The summed E-state index contributed by atoms with van der Waals surface area (Å²) in [6.45, 7) is 2.00. The Hall–Kier alpha value is -1.46. The Labute approximate surface area is 106 Å². The van der Waals surface area contributed by atoms with Crippen LogP contribution in [0.25, 0.3) is 0 Å². The summed E-state index contributed by atoms with van der Waals surface area (Å²) in [7, 11) is 1.51. The monoisotopic (exact) mass is 255 g/mol. The lowest BCUT2D eigenvalue weighted by Gasteiger charge is -2.15. The number of methoxy groups -OCH3 is 1. The highest BCUT2D eigenvalue weighted by Crippen LogP contribution is 2.15. The Morgan fingerprint density at radius 1 is 1.50 bits per heavy atom. The second-order valence-corrected chi connectivity index (χ2v) is 4.14. The van der Waals surface area contributed by atoms with Gasteiger partial charge in [0.05, 0.1) is 18.6 Å². The summed E-state index contributed by atoms with van der Waals surface area (Å²) < 4.78 is 18.2. The first kappa shape index (κ1) is 14.6. The standard InChI is InChI=1S/C13H18FNO3/c1-9(8-18-2)13(17)15-7-12(16)10-5-3-4-6-11(10)14/h3-6,9,12,16H,7-8H2,1-2H3,(H,15,17). The molecule has 0 aliphatic rings. The van der Waals surface area contributed by atoms with Crippen LogP contribution < -0.4 is 5.32 Å². The van der Waals surface area contributed by atoms with Gasteiger partial charge in [-0.05, 0) is 6.07 Å². The number of hydrogen-bond donors (Lipinski definition) is 2. The number of hydrogen-bond acceptors (Lipinski definition) is 3. The van der Waals surface area contributed by atoms with Gasteiger partial charge in [-0.2, -0.15) is 0 Å². The molecule has 1 aromatic carbocycles. The summed E-state index contributed by atoms with van der Waals surface area (Å²) in [4.78, 5) is 11.6. The quantitative estimate of drug-likeness (QED) is 0.804. The van der Waals surface area contributed by atoms with Crippen LogP contribution >= 0.6 is 0 Å². The summed E-state index contributed by atoms with van der Waals surface area (Å²) in [5.74, 6) is -1.01. The van der Waals surface area contributed by atoms with Gasteiger partial charge in [0.2, 0.25) is 5.91 Å². The van der Waals surface area contributed by atoms with Gasteiger partial charge in [0.1, 0.15) is 5.82 Å². The molecule has 0 fully saturated rings. The van der Waals surface area contributed by atoms with Crippen LogP contribution in [-0.2, 0) is 9.53 Å². The van der Waals surface area contributed by atoms with E-state index in [1.165, 1.54) is 19.2 Å². The number of benzene rings is 1. The van der Waals surface area contributed by atoms with E-state index >= 15 is 0 Å². The third-order valence-corrected chi connectivity index (χ3v) is 2.60. The van der Waals surface area contributed by atoms with Crippen LogP contribution in [0.5, 0.6) is 0 Å². The van der Waals surface area contributed by atoms with Gasteiger partial charge in [-0.15, -0.1) is 0 Å². The van der Waals surface area contributed by atoms with E-state index in [0.29, 0.717) is 6.61 Å².